The second-order valence-corrected chi connectivity index (χ2v) is 6.87. The molecule has 2 aromatic rings. The minimum atomic E-state index is -1.09. The van der Waals surface area contributed by atoms with Crippen LogP contribution in [0.25, 0.3) is 11.3 Å². The summed E-state index contributed by atoms with van der Waals surface area (Å²) in [4.78, 5) is 4.61. The monoisotopic (exact) mass is 331 g/mol. The third kappa shape index (κ3) is 2.68. The van der Waals surface area contributed by atoms with Gasteiger partial charge in [-0.15, -0.1) is 0 Å². The molecule has 0 saturated heterocycles. The summed E-state index contributed by atoms with van der Waals surface area (Å²) in [5.41, 5.74) is 0.974. The molecule has 2 heterocycles. The Morgan fingerprint density at radius 1 is 1.33 bits per heavy atom. The number of halogens is 1. The molecule has 1 aromatic carbocycles. The van der Waals surface area contributed by atoms with Crippen LogP contribution in [0.1, 0.15) is 38.4 Å². The van der Waals surface area contributed by atoms with Crippen molar-refractivity contribution in [3.8, 4) is 17.0 Å². The second kappa shape index (κ2) is 5.83. The number of aromatic nitrogens is 1. The summed E-state index contributed by atoms with van der Waals surface area (Å²) in [7, 11) is 0. The van der Waals surface area contributed by atoms with E-state index in [1.165, 1.54) is 12.1 Å². The van der Waals surface area contributed by atoms with E-state index in [9.17, 15) is 14.6 Å². The van der Waals surface area contributed by atoms with Crippen LogP contribution in [0.4, 0.5) is 4.39 Å². The van der Waals surface area contributed by atoms with Crippen molar-refractivity contribution < 1.29 is 19.3 Å². The summed E-state index contributed by atoms with van der Waals surface area (Å²) in [6.07, 6.45) is 0.498. The smallest absolute Gasteiger partial charge is 0.149 e. The largest absolute Gasteiger partial charge is 0.490 e. The van der Waals surface area contributed by atoms with Crippen molar-refractivity contribution in [1.82, 2.24) is 4.98 Å². The van der Waals surface area contributed by atoms with E-state index in [1.54, 1.807) is 19.1 Å². The zero-order valence-electron chi connectivity index (χ0n) is 14.1. The number of benzene rings is 1. The molecular weight excluding hydrogens is 309 g/mol. The molecule has 1 aliphatic rings. The van der Waals surface area contributed by atoms with Crippen LogP contribution in [-0.2, 0) is 11.0 Å². The molecule has 0 bridgehead atoms. The van der Waals surface area contributed by atoms with E-state index in [-0.39, 0.29) is 12.4 Å². The van der Waals surface area contributed by atoms with E-state index in [1.807, 2.05) is 19.9 Å². The molecule has 1 aliphatic heterocycles. The highest BCUT2D eigenvalue weighted by Gasteiger charge is 2.40. The van der Waals surface area contributed by atoms with Crippen LogP contribution in [0.2, 0.25) is 0 Å². The molecular formula is C19H22FNO3. The van der Waals surface area contributed by atoms with Gasteiger partial charge in [-0.1, -0.05) is 6.92 Å². The summed E-state index contributed by atoms with van der Waals surface area (Å²) in [6.45, 7) is 5.78. The van der Waals surface area contributed by atoms with Crippen molar-refractivity contribution >= 4 is 0 Å². The van der Waals surface area contributed by atoms with Gasteiger partial charge in [0.15, 0.2) is 0 Å². The number of hydrogen-bond donors (Lipinski definition) is 2. The number of pyridine rings is 1. The highest BCUT2D eigenvalue weighted by Crippen LogP contribution is 2.45. The average molecular weight is 331 g/mol. The first-order chi connectivity index (χ1) is 11.3. The standard InChI is InChI=1S/C19H22FNO3/c1-4-19(3,23)15-9-14-17(24-11-18(14,2)10-22)16(21-15)12-5-7-13(20)8-6-12/h5-9,22-23H,4,10-11H2,1-3H3/t18-,19-/m0/s1. The fourth-order valence-electron chi connectivity index (χ4n) is 2.83. The topological polar surface area (TPSA) is 62.6 Å². The van der Waals surface area contributed by atoms with Gasteiger partial charge in [-0.25, -0.2) is 9.37 Å². The van der Waals surface area contributed by atoms with Crippen LogP contribution < -0.4 is 4.74 Å². The number of fused-ring (bicyclic) bond motifs is 1. The molecule has 0 aliphatic carbocycles. The fraction of sp³-hybridized carbons (Fsp3) is 0.421. The Bertz CT molecular complexity index is 758. The van der Waals surface area contributed by atoms with Crippen molar-refractivity contribution in [2.45, 2.75) is 38.2 Å². The Morgan fingerprint density at radius 2 is 2.00 bits per heavy atom. The fourth-order valence-corrected chi connectivity index (χ4v) is 2.83. The molecule has 0 radical (unpaired) electrons. The molecule has 0 unspecified atom stereocenters. The Hall–Kier alpha value is -1.98. The van der Waals surface area contributed by atoms with Crippen molar-refractivity contribution in [2.75, 3.05) is 13.2 Å². The third-order valence-corrected chi connectivity index (χ3v) is 4.87. The number of aliphatic hydroxyl groups is 2. The van der Waals surface area contributed by atoms with Crippen molar-refractivity contribution in [3.63, 3.8) is 0 Å². The second-order valence-electron chi connectivity index (χ2n) is 6.87. The van der Waals surface area contributed by atoms with E-state index in [0.717, 1.165) is 5.56 Å². The molecule has 4 nitrogen and oxygen atoms in total. The van der Waals surface area contributed by atoms with Gasteiger partial charge in [-0.3, -0.25) is 0 Å². The number of nitrogens with zero attached hydrogens (tertiary/aromatic N) is 1. The van der Waals surface area contributed by atoms with Gasteiger partial charge in [0.1, 0.15) is 29.5 Å². The lowest BCUT2D eigenvalue weighted by Crippen LogP contribution is -2.29. The van der Waals surface area contributed by atoms with Crippen molar-refractivity contribution in [1.29, 1.82) is 0 Å². The lowest BCUT2D eigenvalue weighted by Gasteiger charge is -2.25. The summed E-state index contributed by atoms with van der Waals surface area (Å²) in [6, 6.07) is 7.83. The zero-order valence-corrected chi connectivity index (χ0v) is 14.1. The number of aliphatic hydroxyl groups excluding tert-OH is 1. The van der Waals surface area contributed by atoms with Crippen LogP contribution in [0.15, 0.2) is 30.3 Å². The van der Waals surface area contributed by atoms with Gasteiger partial charge < -0.3 is 14.9 Å². The molecule has 0 fully saturated rings. The van der Waals surface area contributed by atoms with Crippen LogP contribution in [0, 0.1) is 5.82 Å². The predicted molar refractivity (Wildman–Crippen MR) is 89.4 cm³/mol. The van der Waals surface area contributed by atoms with E-state index >= 15 is 0 Å². The first kappa shape index (κ1) is 16.9. The third-order valence-electron chi connectivity index (χ3n) is 4.87. The maximum Gasteiger partial charge on any atom is 0.149 e. The Kier molecular flexibility index (Phi) is 4.10. The normalized spacial score (nSPS) is 21.9. The van der Waals surface area contributed by atoms with Crippen LogP contribution in [-0.4, -0.2) is 28.4 Å². The molecule has 128 valence electrons. The molecule has 2 N–H and O–H groups in total. The summed E-state index contributed by atoms with van der Waals surface area (Å²) in [5.74, 6) is 0.266. The van der Waals surface area contributed by atoms with Gasteiger partial charge in [0.2, 0.25) is 0 Å². The highest BCUT2D eigenvalue weighted by atomic mass is 19.1. The average Bonchev–Trinajstić information content (AvgIpc) is 2.93. The number of ether oxygens (including phenoxy) is 1. The SMILES string of the molecule is CC[C@](C)(O)c1cc2c(c(-c3ccc(F)cc3)n1)OC[C@]2(C)CO. The van der Waals surface area contributed by atoms with Gasteiger partial charge in [-0.2, -0.15) is 0 Å². The molecule has 24 heavy (non-hydrogen) atoms. The van der Waals surface area contributed by atoms with E-state index < -0.39 is 11.0 Å². The first-order valence-electron chi connectivity index (χ1n) is 8.09. The van der Waals surface area contributed by atoms with Crippen molar-refractivity contribution in [3.05, 3.63) is 47.4 Å². The molecule has 0 saturated carbocycles. The molecule has 0 amide bonds. The van der Waals surface area contributed by atoms with Gasteiger partial charge >= 0.3 is 0 Å². The molecule has 3 rings (SSSR count). The number of hydrogen-bond acceptors (Lipinski definition) is 4. The van der Waals surface area contributed by atoms with Gasteiger partial charge in [-0.05, 0) is 50.6 Å². The van der Waals surface area contributed by atoms with Crippen LogP contribution in [0.5, 0.6) is 5.75 Å². The quantitative estimate of drug-likeness (QED) is 0.903. The minimum absolute atomic E-state index is 0.0689. The van der Waals surface area contributed by atoms with Crippen molar-refractivity contribution in [2.24, 2.45) is 0 Å². The van der Waals surface area contributed by atoms with Crippen LogP contribution >= 0.6 is 0 Å². The Morgan fingerprint density at radius 3 is 2.58 bits per heavy atom. The van der Waals surface area contributed by atoms with Gasteiger partial charge in [0.05, 0.1) is 17.7 Å². The molecule has 2 atom stereocenters. The maximum atomic E-state index is 13.3. The van der Waals surface area contributed by atoms with E-state index in [0.29, 0.717) is 35.7 Å². The lowest BCUT2D eigenvalue weighted by atomic mass is 9.83. The lowest BCUT2D eigenvalue weighted by molar-refractivity contribution is 0.0484. The number of rotatable bonds is 4. The minimum Gasteiger partial charge on any atom is -0.490 e. The molecule has 1 aromatic heterocycles. The van der Waals surface area contributed by atoms with E-state index in [4.69, 9.17) is 4.74 Å². The molecule has 0 spiro atoms. The summed E-state index contributed by atoms with van der Waals surface area (Å²) in [5, 5.41) is 20.5. The zero-order chi connectivity index (χ0) is 17.5. The van der Waals surface area contributed by atoms with Gasteiger partial charge in [0.25, 0.3) is 0 Å². The first-order valence-corrected chi connectivity index (χ1v) is 8.09. The van der Waals surface area contributed by atoms with E-state index in [2.05, 4.69) is 4.98 Å². The van der Waals surface area contributed by atoms with Gasteiger partial charge in [0, 0.05) is 11.1 Å². The highest BCUT2D eigenvalue weighted by molar-refractivity contribution is 5.70. The summed E-state index contributed by atoms with van der Waals surface area (Å²) < 4.78 is 19.1. The Labute approximate surface area is 140 Å². The maximum absolute atomic E-state index is 13.3. The predicted octanol–water partition coefficient (Wildman–Crippen LogP) is 3.15. The summed E-state index contributed by atoms with van der Waals surface area (Å²) >= 11 is 0. The Balaban J connectivity index is 2.25. The molecule has 5 heteroatoms. The van der Waals surface area contributed by atoms with Crippen LogP contribution in [0.3, 0.4) is 0 Å².